The van der Waals surface area contributed by atoms with E-state index in [1.54, 1.807) is 7.11 Å². The van der Waals surface area contributed by atoms with E-state index < -0.39 is 0 Å². The molecule has 0 unspecified atom stereocenters. The summed E-state index contributed by atoms with van der Waals surface area (Å²) in [6, 6.07) is 13.6. The molecule has 0 saturated heterocycles. The van der Waals surface area contributed by atoms with Crippen LogP contribution in [0.15, 0.2) is 55.1 Å². The highest BCUT2D eigenvalue weighted by atomic mass is 16.6. The van der Waals surface area contributed by atoms with E-state index in [1.807, 2.05) is 48.5 Å². The third-order valence-electron chi connectivity index (χ3n) is 4.11. The second-order valence-electron chi connectivity index (χ2n) is 5.99. The molecule has 1 N–H and O–H groups in total. The van der Waals surface area contributed by atoms with Crippen molar-refractivity contribution in [1.82, 2.24) is 5.32 Å². The van der Waals surface area contributed by atoms with Crippen molar-refractivity contribution in [1.29, 1.82) is 0 Å². The molecule has 0 spiro atoms. The number of rotatable bonds is 9. The number of ether oxygens (including phenoxy) is 4. The third-order valence-corrected chi connectivity index (χ3v) is 4.11. The van der Waals surface area contributed by atoms with Crippen molar-refractivity contribution < 1.29 is 18.9 Å². The number of allylic oxidation sites excluding steroid dienone is 1. The molecule has 2 aromatic rings. The molecule has 0 amide bonds. The van der Waals surface area contributed by atoms with Crippen LogP contribution in [-0.2, 0) is 6.42 Å². The van der Waals surface area contributed by atoms with Crippen molar-refractivity contribution in [2.75, 3.05) is 33.4 Å². The van der Waals surface area contributed by atoms with E-state index >= 15 is 0 Å². The Morgan fingerprint density at radius 3 is 2.85 bits per heavy atom. The summed E-state index contributed by atoms with van der Waals surface area (Å²) < 4.78 is 23.0. The Kier molecular flexibility index (Phi) is 6.39. The van der Waals surface area contributed by atoms with Gasteiger partial charge in [-0.1, -0.05) is 30.3 Å². The highest BCUT2D eigenvalue weighted by molar-refractivity contribution is 5.47. The van der Waals surface area contributed by atoms with Crippen molar-refractivity contribution in [2.24, 2.45) is 0 Å². The van der Waals surface area contributed by atoms with Gasteiger partial charge in [-0.25, -0.2) is 0 Å². The summed E-state index contributed by atoms with van der Waals surface area (Å²) >= 11 is 0. The molecule has 26 heavy (non-hydrogen) atoms. The lowest BCUT2D eigenvalue weighted by molar-refractivity contribution is 0.0897. The second kappa shape index (κ2) is 9.15. The fraction of sp³-hybridized carbons (Fsp3) is 0.333. The molecular formula is C21H25NO4. The normalized spacial score (nSPS) is 15.3. The zero-order chi connectivity index (χ0) is 18.2. The van der Waals surface area contributed by atoms with Crippen LogP contribution >= 0.6 is 0 Å². The van der Waals surface area contributed by atoms with Gasteiger partial charge in [-0.15, -0.1) is 6.58 Å². The minimum Gasteiger partial charge on any atom is -0.493 e. The molecule has 0 aliphatic carbocycles. The maximum Gasteiger partial charge on any atom is 0.164 e. The van der Waals surface area contributed by atoms with E-state index in [9.17, 15) is 0 Å². The zero-order valence-electron chi connectivity index (χ0n) is 15.1. The van der Waals surface area contributed by atoms with Crippen LogP contribution in [0.5, 0.6) is 23.0 Å². The fourth-order valence-corrected chi connectivity index (χ4v) is 2.85. The monoisotopic (exact) mass is 355 g/mol. The average Bonchev–Trinajstić information content (AvgIpc) is 2.68. The fourth-order valence-electron chi connectivity index (χ4n) is 2.85. The lowest BCUT2D eigenvalue weighted by atomic mass is 10.1. The molecule has 2 aromatic carbocycles. The Labute approximate surface area is 154 Å². The summed E-state index contributed by atoms with van der Waals surface area (Å²) in [4.78, 5) is 0. The summed E-state index contributed by atoms with van der Waals surface area (Å²) in [6.45, 7) is 6.27. The quantitative estimate of drug-likeness (QED) is 0.553. The van der Waals surface area contributed by atoms with Crippen LogP contribution in [0.3, 0.4) is 0 Å². The average molecular weight is 355 g/mol. The molecule has 0 bridgehead atoms. The Morgan fingerprint density at radius 1 is 1.19 bits per heavy atom. The minimum atomic E-state index is -0.00696. The number of hydrogen-bond donors (Lipinski definition) is 1. The van der Waals surface area contributed by atoms with Gasteiger partial charge in [-0.2, -0.15) is 0 Å². The Hall–Kier alpha value is -2.66. The Balaban J connectivity index is 1.45. The second-order valence-corrected chi connectivity index (χ2v) is 5.99. The standard InChI is InChI=1S/C21H25NO4/c1-3-7-16-8-6-11-20(23-2)21(16)24-13-12-22-14-17-15-25-18-9-4-5-10-19(18)26-17/h3-6,8-11,17,22H,1,7,12-15H2,2H3/t17-/m1/s1. The van der Waals surface area contributed by atoms with Gasteiger partial charge in [0.2, 0.25) is 0 Å². The number of benzene rings is 2. The zero-order valence-corrected chi connectivity index (χ0v) is 15.1. The molecule has 5 nitrogen and oxygen atoms in total. The van der Waals surface area contributed by atoms with Crippen LogP contribution in [0.1, 0.15) is 5.56 Å². The van der Waals surface area contributed by atoms with Gasteiger partial charge in [-0.05, 0) is 24.6 Å². The van der Waals surface area contributed by atoms with Gasteiger partial charge in [0.05, 0.1) is 7.11 Å². The largest absolute Gasteiger partial charge is 0.493 e. The van der Waals surface area contributed by atoms with Gasteiger partial charge < -0.3 is 24.3 Å². The van der Waals surface area contributed by atoms with E-state index in [1.165, 1.54) is 0 Å². The van der Waals surface area contributed by atoms with E-state index in [0.29, 0.717) is 26.3 Å². The van der Waals surface area contributed by atoms with Gasteiger partial charge >= 0.3 is 0 Å². The molecule has 138 valence electrons. The van der Waals surface area contributed by atoms with Crippen LogP contribution in [0, 0.1) is 0 Å². The van der Waals surface area contributed by atoms with Crippen LogP contribution in [0.4, 0.5) is 0 Å². The SMILES string of the molecule is C=CCc1cccc(OC)c1OCCNC[C@@H]1COc2ccccc2O1. The van der Waals surface area contributed by atoms with Crippen molar-refractivity contribution in [3.8, 4) is 23.0 Å². The molecule has 0 radical (unpaired) electrons. The molecule has 1 heterocycles. The molecule has 1 aliphatic rings. The maximum absolute atomic E-state index is 5.95. The number of hydrogen-bond acceptors (Lipinski definition) is 5. The molecule has 1 atom stereocenters. The first-order chi connectivity index (χ1) is 12.8. The number of methoxy groups -OCH3 is 1. The van der Waals surface area contributed by atoms with Gasteiger partial charge in [0.1, 0.15) is 19.3 Å². The van der Waals surface area contributed by atoms with Crippen molar-refractivity contribution in [3.63, 3.8) is 0 Å². The van der Waals surface area contributed by atoms with Gasteiger partial charge in [0.15, 0.2) is 23.0 Å². The van der Waals surface area contributed by atoms with Crippen molar-refractivity contribution in [3.05, 3.63) is 60.7 Å². The summed E-state index contributed by atoms with van der Waals surface area (Å²) in [6.07, 6.45) is 2.59. The maximum atomic E-state index is 5.95. The summed E-state index contributed by atoms with van der Waals surface area (Å²) in [7, 11) is 1.65. The predicted octanol–water partition coefficient (Wildman–Crippen LogP) is 3.23. The molecular weight excluding hydrogens is 330 g/mol. The van der Waals surface area contributed by atoms with Crippen LogP contribution in [0.25, 0.3) is 0 Å². The third kappa shape index (κ3) is 4.49. The lowest BCUT2D eigenvalue weighted by Crippen LogP contribution is -2.39. The van der Waals surface area contributed by atoms with Gasteiger partial charge in [0.25, 0.3) is 0 Å². The first-order valence-corrected chi connectivity index (χ1v) is 8.80. The van der Waals surface area contributed by atoms with Crippen LogP contribution in [0.2, 0.25) is 0 Å². The highest BCUT2D eigenvalue weighted by Crippen LogP contribution is 2.32. The predicted molar refractivity (Wildman–Crippen MR) is 102 cm³/mol. The topological polar surface area (TPSA) is 49.0 Å². The Bertz CT molecular complexity index is 732. The molecule has 0 saturated carbocycles. The molecule has 0 aromatic heterocycles. The highest BCUT2D eigenvalue weighted by Gasteiger charge is 2.19. The molecule has 1 aliphatic heterocycles. The van der Waals surface area contributed by atoms with Crippen molar-refractivity contribution in [2.45, 2.75) is 12.5 Å². The summed E-state index contributed by atoms with van der Waals surface area (Å²) in [5.41, 5.74) is 1.07. The smallest absolute Gasteiger partial charge is 0.164 e. The van der Waals surface area contributed by atoms with E-state index in [0.717, 1.165) is 35.0 Å². The molecule has 3 rings (SSSR count). The molecule has 5 heteroatoms. The van der Waals surface area contributed by atoms with E-state index in [2.05, 4.69) is 11.9 Å². The lowest BCUT2D eigenvalue weighted by Gasteiger charge is -2.26. The number of para-hydroxylation sites is 3. The number of nitrogens with one attached hydrogen (secondary N) is 1. The Morgan fingerprint density at radius 2 is 2.04 bits per heavy atom. The van der Waals surface area contributed by atoms with E-state index in [-0.39, 0.29) is 6.10 Å². The first-order valence-electron chi connectivity index (χ1n) is 8.80. The first kappa shape index (κ1) is 18.1. The number of fused-ring (bicyclic) bond motifs is 1. The minimum absolute atomic E-state index is 0.00696. The summed E-state index contributed by atoms with van der Waals surface area (Å²) in [5, 5.41) is 3.35. The summed E-state index contributed by atoms with van der Waals surface area (Å²) in [5.74, 6) is 3.12. The van der Waals surface area contributed by atoms with Crippen LogP contribution in [-0.4, -0.2) is 39.5 Å². The molecule has 0 fully saturated rings. The van der Waals surface area contributed by atoms with Crippen LogP contribution < -0.4 is 24.3 Å². The van der Waals surface area contributed by atoms with Crippen molar-refractivity contribution >= 4 is 0 Å². The van der Waals surface area contributed by atoms with Gasteiger partial charge in [-0.3, -0.25) is 0 Å². The van der Waals surface area contributed by atoms with Gasteiger partial charge in [0, 0.05) is 18.7 Å². The van der Waals surface area contributed by atoms with E-state index in [4.69, 9.17) is 18.9 Å².